The second-order valence-corrected chi connectivity index (χ2v) is 4.46. The average molecular weight is 284 g/mol. The molecular formula is C16H16N2O3. The summed E-state index contributed by atoms with van der Waals surface area (Å²) >= 11 is 0. The third-order valence-electron chi connectivity index (χ3n) is 2.94. The normalized spacial score (nSPS) is 13.5. The number of ether oxygens (including phenoxy) is 2. The minimum Gasteiger partial charge on any atom is -0.488 e. The number of fused-ring (bicyclic) bond motifs is 1. The van der Waals surface area contributed by atoms with E-state index in [4.69, 9.17) is 14.7 Å². The number of rotatable bonds is 5. The third kappa shape index (κ3) is 3.94. The predicted octanol–water partition coefficient (Wildman–Crippen LogP) is 1.67. The number of carbonyl (C=O) groups is 1. The van der Waals surface area contributed by atoms with Gasteiger partial charge in [0.1, 0.15) is 24.0 Å². The van der Waals surface area contributed by atoms with Gasteiger partial charge in [0, 0.05) is 19.2 Å². The van der Waals surface area contributed by atoms with Gasteiger partial charge in [-0.05, 0) is 23.8 Å². The van der Waals surface area contributed by atoms with Crippen LogP contribution >= 0.6 is 0 Å². The molecule has 1 aromatic carbocycles. The minimum absolute atomic E-state index is 0.0559. The molecule has 0 saturated carbocycles. The zero-order valence-electron chi connectivity index (χ0n) is 11.8. The molecule has 1 amide bonds. The first kappa shape index (κ1) is 14.8. The van der Waals surface area contributed by atoms with Crippen LogP contribution in [0.4, 0.5) is 0 Å². The van der Waals surface area contributed by atoms with E-state index in [9.17, 15) is 4.79 Å². The van der Waals surface area contributed by atoms with Gasteiger partial charge in [-0.15, -0.1) is 0 Å². The molecule has 0 bridgehead atoms. The summed E-state index contributed by atoms with van der Waals surface area (Å²) in [6, 6.07) is 9.53. The molecule has 0 aromatic heterocycles. The van der Waals surface area contributed by atoms with E-state index in [-0.39, 0.29) is 5.57 Å². The van der Waals surface area contributed by atoms with Crippen molar-refractivity contribution in [1.29, 1.82) is 5.26 Å². The molecule has 5 heteroatoms. The van der Waals surface area contributed by atoms with E-state index in [2.05, 4.69) is 5.32 Å². The second-order valence-electron chi connectivity index (χ2n) is 4.46. The van der Waals surface area contributed by atoms with Crippen LogP contribution in [0.3, 0.4) is 0 Å². The second kappa shape index (κ2) is 7.27. The molecule has 0 aliphatic carbocycles. The Morgan fingerprint density at radius 3 is 3.10 bits per heavy atom. The van der Waals surface area contributed by atoms with E-state index in [1.165, 1.54) is 0 Å². The van der Waals surface area contributed by atoms with Gasteiger partial charge in [-0.3, -0.25) is 4.79 Å². The molecule has 1 N–H and O–H groups in total. The third-order valence-corrected chi connectivity index (χ3v) is 2.94. The standard InChI is InChI=1S/C16H16N2O3/c1-20-7-6-18-16(19)14(10-17)9-12-8-13-4-2-3-5-15(13)21-11-12/h2-5,8-9H,6-7,11H2,1H3,(H,18,19)/b14-9-. The topological polar surface area (TPSA) is 71.3 Å². The predicted molar refractivity (Wildman–Crippen MR) is 78.5 cm³/mol. The van der Waals surface area contributed by atoms with Crippen molar-refractivity contribution in [3.05, 3.63) is 47.1 Å². The van der Waals surface area contributed by atoms with Crippen LogP contribution in [0, 0.1) is 11.3 Å². The maximum Gasteiger partial charge on any atom is 0.262 e. The maximum absolute atomic E-state index is 11.8. The van der Waals surface area contributed by atoms with Gasteiger partial charge < -0.3 is 14.8 Å². The molecule has 1 aliphatic rings. The van der Waals surface area contributed by atoms with E-state index < -0.39 is 5.91 Å². The van der Waals surface area contributed by atoms with E-state index in [0.29, 0.717) is 19.8 Å². The molecular weight excluding hydrogens is 268 g/mol. The molecule has 5 nitrogen and oxygen atoms in total. The van der Waals surface area contributed by atoms with Gasteiger partial charge in [-0.2, -0.15) is 5.26 Å². The van der Waals surface area contributed by atoms with E-state index in [1.54, 1.807) is 13.2 Å². The number of hydrogen-bond donors (Lipinski definition) is 1. The number of para-hydroxylation sites is 1. The highest BCUT2D eigenvalue weighted by Gasteiger charge is 2.13. The number of amides is 1. The van der Waals surface area contributed by atoms with Gasteiger partial charge >= 0.3 is 0 Å². The molecule has 1 heterocycles. The number of nitriles is 1. The zero-order chi connectivity index (χ0) is 15.1. The number of nitrogens with one attached hydrogen (secondary N) is 1. The average Bonchev–Trinajstić information content (AvgIpc) is 2.52. The van der Waals surface area contributed by atoms with Crippen LogP contribution in [0.1, 0.15) is 5.56 Å². The first-order valence-corrected chi connectivity index (χ1v) is 6.56. The highest BCUT2D eigenvalue weighted by molar-refractivity contribution is 5.98. The lowest BCUT2D eigenvalue weighted by atomic mass is 10.1. The van der Waals surface area contributed by atoms with Crippen molar-refractivity contribution in [2.45, 2.75) is 0 Å². The van der Waals surface area contributed by atoms with Crippen LogP contribution in [-0.4, -0.2) is 32.8 Å². The Hall–Kier alpha value is -2.58. The molecule has 0 spiro atoms. The molecule has 0 unspecified atom stereocenters. The Labute approximate surface area is 123 Å². The van der Waals surface area contributed by atoms with Gasteiger partial charge in [-0.1, -0.05) is 18.2 Å². The van der Waals surface area contributed by atoms with Crippen LogP contribution in [0.15, 0.2) is 41.5 Å². The van der Waals surface area contributed by atoms with Crippen molar-refractivity contribution >= 4 is 12.0 Å². The van der Waals surface area contributed by atoms with Crippen LogP contribution in [0.2, 0.25) is 0 Å². The van der Waals surface area contributed by atoms with Gasteiger partial charge in [0.2, 0.25) is 0 Å². The molecule has 108 valence electrons. The van der Waals surface area contributed by atoms with Gasteiger partial charge in [0.25, 0.3) is 5.91 Å². The van der Waals surface area contributed by atoms with Crippen LogP contribution in [0.25, 0.3) is 6.08 Å². The summed E-state index contributed by atoms with van der Waals surface area (Å²) in [7, 11) is 1.55. The Kier molecular flexibility index (Phi) is 5.13. The monoisotopic (exact) mass is 284 g/mol. The lowest BCUT2D eigenvalue weighted by Crippen LogP contribution is -2.28. The van der Waals surface area contributed by atoms with Crippen molar-refractivity contribution in [3.8, 4) is 11.8 Å². The molecule has 0 radical (unpaired) electrons. The highest BCUT2D eigenvalue weighted by atomic mass is 16.5. The number of methoxy groups -OCH3 is 1. The Morgan fingerprint density at radius 2 is 2.33 bits per heavy atom. The smallest absolute Gasteiger partial charge is 0.262 e. The summed E-state index contributed by atoms with van der Waals surface area (Å²) < 4.78 is 10.4. The lowest BCUT2D eigenvalue weighted by Gasteiger charge is -2.16. The summed E-state index contributed by atoms with van der Waals surface area (Å²) in [5, 5.41) is 11.7. The fourth-order valence-electron chi connectivity index (χ4n) is 1.91. The first-order chi connectivity index (χ1) is 10.2. The summed E-state index contributed by atoms with van der Waals surface area (Å²) in [5.41, 5.74) is 1.78. The van der Waals surface area contributed by atoms with E-state index >= 15 is 0 Å². The van der Waals surface area contributed by atoms with Crippen molar-refractivity contribution < 1.29 is 14.3 Å². The van der Waals surface area contributed by atoms with Crippen LogP contribution in [-0.2, 0) is 9.53 Å². The molecule has 21 heavy (non-hydrogen) atoms. The summed E-state index contributed by atoms with van der Waals surface area (Å²) in [6.45, 7) is 1.11. The highest BCUT2D eigenvalue weighted by Crippen LogP contribution is 2.26. The van der Waals surface area contributed by atoms with Gasteiger partial charge in [0.15, 0.2) is 0 Å². The number of carbonyl (C=O) groups excluding carboxylic acids is 1. The Balaban J connectivity index is 2.12. The number of hydrogen-bond acceptors (Lipinski definition) is 4. The first-order valence-electron chi connectivity index (χ1n) is 6.56. The summed E-state index contributed by atoms with van der Waals surface area (Å²) in [6.07, 6.45) is 3.47. The molecule has 0 saturated heterocycles. The van der Waals surface area contributed by atoms with E-state index in [0.717, 1.165) is 16.9 Å². The number of nitrogens with zero attached hydrogens (tertiary/aromatic N) is 1. The molecule has 0 atom stereocenters. The number of benzene rings is 1. The van der Waals surface area contributed by atoms with Crippen molar-refractivity contribution in [3.63, 3.8) is 0 Å². The maximum atomic E-state index is 11.8. The van der Waals surface area contributed by atoms with E-state index in [1.807, 2.05) is 36.4 Å². The molecule has 0 fully saturated rings. The SMILES string of the molecule is COCCNC(=O)/C(C#N)=C\C1=Cc2ccccc2OC1. The Bertz CT molecular complexity index is 627. The van der Waals surface area contributed by atoms with Crippen molar-refractivity contribution in [2.75, 3.05) is 26.9 Å². The summed E-state index contributed by atoms with van der Waals surface area (Å²) in [4.78, 5) is 11.8. The van der Waals surface area contributed by atoms with Gasteiger partial charge in [-0.25, -0.2) is 0 Å². The van der Waals surface area contributed by atoms with Crippen LogP contribution in [0.5, 0.6) is 5.75 Å². The molecule has 2 rings (SSSR count). The van der Waals surface area contributed by atoms with Crippen LogP contribution < -0.4 is 10.1 Å². The fourth-order valence-corrected chi connectivity index (χ4v) is 1.91. The van der Waals surface area contributed by atoms with Crippen molar-refractivity contribution in [1.82, 2.24) is 5.32 Å². The zero-order valence-corrected chi connectivity index (χ0v) is 11.8. The molecule has 1 aliphatic heterocycles. The van der Waals surface area contributed by atoms with Crippen molar-refractivity contribution in [2.24, 2.45) is 0 Å². The molecule has 1 aromatic rings. The Morgan fingerprint density at radius 1 is 1.52 bits per heavy atom. The van der Waals surface area contributed by atoms with Gasteiger partial charge in [0.05, 0.1) is 6.61 Å². The minimum atomic E-state index is -0.408. The largest absolute Gasteiger partial charge is 0.488 e. The summed E-state index contributed by atoms with van der Waals surface area (Å²) in [5.74, 6) is 0.395. The quantitative estimate of drug-likeness (QED) is 0.507. The fraction of sp³-hybridized carbons (Fsp3) is 0.250. The lowest BCUT2D eigenvalue weighted by molar-refractivity contribution is -0.117.